The summed E-state index contributed by atoms with van der Waals surface area (Å²) in [6.45, 7) is 0. The first-order valence-electron chi connectivity index (χ1n) is 8.67. The SMILES string of the molecule is O=C(N[C@@H]1CCS(=O)(=O)C1)/C(=C\c1ccc(Br)cc1)NC(=O)c1ccccc1. The third-order valence-electron chi connectivity index (χ3n) is 4.28. The summed E-state index contributed by atoms with van der Waals surface area (Å²) in [4.78, 5) is 25.3. The highest BCUT2D eigenvalue weighted by Crippen LogP contribution is 2.15. The van der Waals surface area contributed by atoms with Crippen LogP contribution in [0.5, 0.6) is 0 Å². The molecule has 0 bridgehead atoms. The number of carbonyl (C=O) groups is 2. The summed E-state index contributed by atoms with van der Waals surface area (Å²) in [6.07, 6.45) is 1.93. The Kier molecular flexibility index (Phi) is 6.31. The molecule has 0 saturated carbocycles. The minimum absolute atomic E-state index is 0.0556. The first-order valence-corrected chi connectivity index (χ1v) is 11.3. The fourth-order valence-corrected chi connectivity index (χ4v) is 4.78. The average molecular weight is 463 g/mol. The highest BCUT2D eigenvalue weighted by atomic mass is 79.9. The Labute approximate surface area is 172 Å². The number of rotatable bonds is 5. The third-order valence-corrected chi connectivity index (χ3v) is 6.57. The molecule has 1 heterocycles. The number of hydrogen-bond acceptors (Lipinski definition) is 4. The van der Waals surface area contributed by atoms with E-state index in [1.165, 1.54) is 0 Å². The van der Waals surface area contributed by atoms with Gasteiger partial charge < -0.3 is 10.6 Å². The molecule has 2 aromatic carbocycles. The molecule has 3 rings (SSSR count). The van der Waals surface area contributed by atoms with Gasteiger partial charge in [-0.05, 0) is 42.3 Å². The van der Waals surface area contributed by atoms with E-state index in [0.717, 1.165) is 10.0 Å². The molecular weight excluding hydrogens is 444 g/mol. The molecule has 1 aliphatic heterocycles. The van der Waals surface area contributed by atoms with E-state index >= 15 is 0 Å². The van der Waals surface area contributed by atoms with Gasteiger partial charge in [0.1, 0.15) is 5.70 Å². The van der Waals surface area contributed by atoms with E-state index in [2.05, 4.69) is 26.6 Å². The van der Waals surface area contributed by atoms with Crippen LogP contribution >= 0.6 is 15.9 Å². The standard InChI is InChI=1S/C20H19BrN2O4S/c21-16-8-6-14(7-9-16)12-18(23-19(24)15-4-2-1-3-5-15)20(25)22-17-10-11-28(26,27)13-17/h1-9,12,17H,10-11,13H2,(H,22,25)(H,23,24)/b18-12+/t17-/m1/s1. The van der Waals surface area contributed by atoms with Crippen LogP contribution in [0.25, 0.3) is 6.08 Å². The summed E-state index contributed by atoms with van der Waals surface area (Å²) in [5.41, 5.74) is 1.20. The summed E-state index contributed by atoms with van der Waals surface area (Å²) in [6, 6.07) is 15.3. The van der Waals surface area contributed by atoms with Gasteiger partial charge in [0.05, 0.1) is 11.5 Å². The smallest absolute Gasteiger partial charge is 0.268 e. The van der Waals surface area contributed by atoms with Crippen LogP contribution in [0.4, 0.5) is 0 Å². The van der Waals surface area contributed by atoms with Crippen LogP contribution in [0.1, 0.15) is 22.3 Å². The van der Waals surface area contributed by atoms with Crippen molar-refractivity contribution in [1.29, 1.82) is 0 Å². The van der Waals surface area contributed by atoms with Crippen molar-refractivity contribution in [2.45, 2.75) is 12.5 Å². The van der Waals surface area contributed by atoms with E-state index in [0.29, 0.717) is 12.0 Å². The van der Waals surface area contributed by atoms with Crippen molar-refractivity contribution >= 4 is 43.7 Å². The highest BCUT2D eigenvalue weighted by molar-refractivity contribution is 9.10. The molecule has 0 aliphatic carbocycles. The van der Waals surface area contributed by atoms with Crippen LogP contribution in [0.2, 0.25) is 0 Å². The second kappa shape index (κ2) is 8.70. The Bertz CT molecular complexity index is 1000. The van der Waals surface area contributed by atoms with Gasteiger partial charge in [-0.3, -0.25) is 9.59 Å². The molecule has 0 spiro atoms. The Morgan fingerprint density at radius 3 is 2.32 bits per heavy atom. The van der Waals surface area contributed by atoms with Crippen molar-refractivity contribution in [2.75, 3.05) is 11.5 Å². The van der Waals surface area contributed by atoms with E-state index in [4.69, 9.17) is 0 Å². The molecule has 1 aliphatic rings. The quantitative estimate of drug-likeness (QED) is 0.667. The minimum atomic E-state index is -3.12. The van der Waals surface area contributed by atoms with Crippen molar-refractivity contribution in [3.63, 3.8) is 0 Å². The summed E-state index contributed by atoms with van der Waals surface area (Å²) < 4.78 is 24.2. The topological polar surface area (TPSA) is 92.3 Å². The van der Waals surface area contributed by atoms with Gasteiger partial charge in [-0.15, -0.1) is 0 Å². The zero-order valence-electron chi connectivity index (χ0n) is 14.9. The predicted molar refractivity (Wildman–Crippen MR) is 111 cm³/mol. The fourth-order valence-electron chi connectivity index (χ4n) is 2.84. The zero-order chi connectivity index (χ0) is 20.1. The van der Waals surface area contributed by atoms with Crippen LogP contribution in [-0.2, 0) is 14.6 Å². The van der Waals surface area contributed by atoms with Crippen molar-refractivity contribution in [3.05, 3.63) is 75.9 Å². The lowest BCUT2D eigenvalue weighted by molar-refractivity contribution is -0.118. The molecule has 0 aromatic heterocycles. The molecule has 8 heteroatoms. The van der Waals surface area contributed by atoms with Gasteiger partial charge in [-0.2, -0.15) is 0 Å². The van der Waals surface area contributed by atoms with Gasteiger partial charge in [0.25, 0.3) is 11.8 Å². The zero-order valence-corrected chi connectivity index (χ0v) is 17.3. The second-order valence-corrected chi connectivity index (χ2v) is 9.65. The van der Waals surface area contributed by atoms with E-state index in [1.807, 2.05) is 12.1 Å². The lowest BCUT2D eigenvalue weighted by Gasteiger charge is -2.14. The molecule has 0 radical (unpaired) electrons. The first kappa shape index (κ1) is 20.3. The highest BCUT2D eigenvalue weighted by Gasteiger charge is 2.29. The van der Waals surface area contributed by atoms with Crippen molar-refractivity contribution < 1.29 is 18.0 Å². The van der Waals surface area contributed by atoms with E-state index in [1.54, 1.807) is 48.5 Å². The van der Waals surface area contributed by atoms with Crippen LogP contribution in [0.3, 0.4) is 0 Å². The number of amides is 2. The molecule has 2 amide bonds. The molecular formula is C20H19BrN2O4S. The molecule has 146 valence electrons. The van der Waals surface area contributed by atoms with Gasteiger partial charge in [0.2, 0.25) is 0 Å². The molecule has 2 N–H and O–H groups in total. The minimum Gasteiger partial charge on any atom is -0.347 e. The average Bonchev–Trinajstić information content (AvgIpc) is 3.01. The lowest BCUT2D eigenvalue weighted by Crippen LogP contribution is -2.41. The van der Waals surface area contributed by atoms with E-state index < -0.39 is 27.7 Å². The van der Waals surface area contributed by atoms with E-state index in [-0.39, 0.29) is 17.2 Å². The van der Waals surface area contributed by atoms with Gasteiger partial charge in [0, 0.05) is 16.1 Å². The number of nitrogens with one attached hydrogen (secondary N) is 2. The Morgan fingerprint density at radius 2 is 1.71 bits per heavy atom. The number of carbonyl (C=O) groups excluding carboxylic acids is 2. The first-order chi connectivity index (χ1) is 13.3. The molecule has 0 unspecified atom stereocenters. The molecule has 1 fully saturated rings. The summed E-state index contributed by atoms with van der Waals surface area (Å²) in [7, 11) is -3.12. The van der Waals surface area contributed by atoms with Crippen LogP contribution in [0.15, 0.2) is 64.8 Å². The molecule has 2 aromatic rings. The summed E-state index contributed by atoms with van der Waals surface area (Å²) in [5, 5.41) is 5.35. The number of halogens is 1. The number of hydrogen-bond donors (Lipinski definition) is 2. The van der Waals surface area contributed by atoms with Crippen molar-refractivity contribution in [3.8, 4) is 0 Å². The van der Waals surface area contributed by atoms with Gasteiger partial charge >= 0.3 is 0 Å². The van der Waals surface area contributed by atoms with Crippen molar-refractivity contribution in [1.82, 2.24) is 10.6 Å². The monoisotopic (exact) mass is 462 g/mol. The Hall–Kier alpha value is -2.45. The number of benzene rings is 2. The van der Waals surface area contributed by atoms with Gasteiger partial charge in [-0.25, -0.2) is 8.42 Å². The predicted octanol–water partition coefficient (Wildman–Crippen LogP) is 2.52. The second-order valence-electron chi connectivity index (χ2n) is 6.50. The maximum atomic E-state index is 12.8. The Balaban J connectivity index is 1.82. The third kappa shape index (κ3) is 5.53. The van der Waals surface area contributed by atoms with E-state index in [9.17, 15) is 18.0 Å². The lowest BCUT2D eigenvalue weighted by atomic mass is 10.1. The largest absolute Gasteiger partial charge is 0.347 e. The maximum absolute atomic E-state index is 12.8. The van der Waals surface area contributed by atoms with Gasteiger partial charge in [-0.1, -0.05) is 46.3 Å². The van der Waals surface area contributed by atoms with Crippen LogP contribution in [0, 0.1) is 0 Å². The Morgan fingerprint density at radius 1 is 1.04 bits per heavy atom. The molecule has 1 saturated heterocycles. The fraction of sp³-hybridized carbons (Fsp3) is 0.200. The number of sulfone groups is 1. The maximum Gasteiger partial charge on any atom is 0.268 e. The summed E-state index contributed by atoms with van der Waals surface area (Å²) in [5.74, 6) is -0.968. The summed E-state index contributed by atoms with van der Waals surface area (Å²) >= 11 is 3.35. The normalized spacial score (nSPS) is 18.5. The molecule has 6 nitrogen and oxygen atoms in total. The van der Waals surface area contributed by atoms with Gasteiger partial charge in [0.15, 0.2) is 9.84 Å². The molecule has 28 heavy (non-hydrogen) atoms. The van der Waals surface area contributed by atoms with Crippen LogP contribution < -0.4 is 10.6 Å². The van der Waals surface area contributed by atoms with Crippen LogP contribution in [-0.4, -0.2) is 37.8 Å². The molecule has 1 atom stereocenters. The van der Waals surface area contributed by atoms with Crippen molar-refractivity contribution in [2.24, 2.45) is 0 Å².